The van der Waals surface area contributed by atoms with E-state index in [1.165, 1.54) is 19.3 Å². The van der Waals surface area contributed by atoms with Gasteiger partial charge in [-0.3, -0.25) is 9.59 Å². The van der Waals surface area contributed by atoms with E-state index in [9.17, 15) is 9.59 Å². The molecule has 0 unspecified atom stereocenters. The molecule has 0 aromatic heterocycles. The second-order valence-corrected chi connectivity index (χ2v) is 5.59. The third-order valence-corrected chi connectivity index (χ3v) is 3.85. The molecule has 21 heavy (non-hydrogen) atoms. The van der Waals surface area contributed by atoms with Gasteiger partial charge in [0.1, 0.15) is 0 Å². The van der Waals surface area contributed by atoms with Crippen LogP contribution in [0.25, 0.3) is 0 Å². The normalized spacial score (nSPS) is 15.9. The average molecular weight is 288 g/mol. The lowest BCUT2D eigenvalue weighted by Crippen LogP contribution is -2.41. The Balaban J connectivity index is 1.73. The van der Waals surface area contributed by atoms with E-state index in [4.69, 9.17) is 0 Å². The van der Waals surface area contributed by atoms with E-state index < -0.39 is 0 Å². The predicted octanol–water partition coefficient (Wildman–Crippen LogP) is 2.14. The van der Waals surface area contributed by atoms with Gasteiger partial charge in [0.2, 0.25) is 11.8 Å². The highest BCUT2D eigenvalue weighted by Gasteiger charge is 2.15. The fourth-order valence-electron chi connectivity index (χ4n) is 2.63. The Morgan fingerprint density at radius 3 is 2.24 bits per heavy atom. The molecular weight excluding hydrogens is 264 g/mol. The molecule has 1 aromatic carbocycles. The Morgan fingerprint density at radius 1 is 0.952 bits per heavy atom. The Labute approximate surface area is 126 Å². The maximum Gasteiger partial charge on any atom is 0.241 e. The topological polar surface area (TPSA) is 49.4 Å². The smallest absolute Gasteiger partial charge is 0.241 e. The molecule has 114 valence electrons. The van der Waals surface area contributed by atoms with Crippen molar-refractivity contribution >= 4 is 11.8 Å². The Kier molecular flexibility index (Phi) is 6.25. The van der Waals surface area contributed by atoms with Crippen molar-refractivity contribution in [2.45, 2.75) is 38.5 Å². The molecule has 1 saturated heterocycles. The van der Waals surface area contributed by atoms with Crippen molar-refractivity contribution in [1.82, 2.24) is 10.2 Å². The summed E-state index contributed by atoms with van der Waals surface area (Å²) in [5.74, 6) is -0.0556. The number of hydrogen-bond donors (Lipinski definition) is 1. The number of carbonyl (C=O) groups is 2. The van der Waals surface area contributed by atoms with Crippen LogP contribution in [0.3, 0.4) is 0 Å². The summed E-state index contributed by atoms with van der Waals surface area (Å²) in [6.07, 6.45) is 6.14. The van der Waals surface area contributed by atoms with Crippen molar-refractivity contribution in [1.29, 1.82) is 0 Å². The van der Waals surface area contributed by atoms with Crippen LogP contribution >= 0.6 is 0 Å². The first-order valence-electron chi connectivity index (χ1n) is 7.84. The molecule has 1 aliphatic heterocycles. The van der Waals surface area contributed by atoms with Crippen molar-refractivity contribution in [2.75, 3.05) is 19.6 Å². The van der Waals surface area contributed by atoms with Crippen LogP contribution < -0.4 is 5.32 Å². The minimum atomic E-state index is -0.0957. The van der Waals surface area contributed by atoms with E-state index in [-0.39, 0.29) is 18.4 Å². The SMILES string of the molecule is O=C(Cc1ccccc1)NCC(=O)N1CCCCCCC1. The number of likely N-dealkylation sites (tertiary alicyclic amines) is 1. The summed E-state index contributed by atoms with van der Waals surface area (Å²) in [7, 11) is 0. The molecule has 2 rings (SSSR count). The number of benzene rings is 1. The van der Waals surface area contributed by atoms with Crippen LogP contribution in [-0.4, -0.2) is 36.3 Å². The van der Waals surface area contributed by atoms with Gasteiger partial charge in [0.25, 0.3) is 0 Å². The zero-order valence-corrected chi connectivity index (χ0v) is 12.5. The van der Waals surface area contributed by atoms with Gasteiger partial charge in [-0.2, -0.15) is 0 Å². The van der Waals surface area contributed by atoms with Crippen LogP contribution in [0, 0.1) is 0 Å². The Morgan fingerprint density at radius 2 is 1.57 bits per heavy atom. The van der Waals surface area contributed by atoms with Gasteiger partial charge in [-0.15, -0.1) is 0 Å². The summed E-state index contributed by atoms with van der Waals surface area (Å²) < 4.78 is 0. The Bertz CT molecular complexity index is 451. The average Bonchev–Trinajstić information content (AvgIpc) is 2.45. The largest absolute Gasteiger partial charge is 0.347 e. The van der Waals surface area contributed by atoms with Gasteiger partial charge in [-0.25, -0.2) is 0 Å². The van der Waals surface area contributed by atoms with E-state index in [2.05, 4.69) is 5.32 Å². The summed E-state index contributed by atoms with van der Waals surface area (Å²) >= 11 is 0. The first kappa shape index (κ1) is 15.5. The lowest BCUT2D eigenvalue weighted by atomic mass is 10.1. The maximum absolute atomic E-state index is 12.1. The van der Waals surface area contributed by atoms with Crippen molar-refractivity contribution in [3.05, 3.63) is 35.9 Å². The molecule has 0 spiro atoms. The van der Waals surface area contributed by atoms with Gasteiger partial charge in [0.05, 0.1) is 13.0 Å². The van der Waals surface area contributed by atoms with E-state index in [1.54, 1.807) is 0 Å². The van der Waals surface area contributed by atoms with E-state index in [0.29, 0.717) is 6.42 Å². The number of rotatable bonds is 4. The summed E-state index contributed by atoms with van der Waals surface area (Å²) in [6, 6.07) is 9.58. The van der Waals surface area contributed by atoms with Crippen LogP contribution in [-0.2, 0) is 16.0 Å². The van der Waals surface area contributed by atoms with E-state index in [1.807, 2.05) is 35.2 Å². The highest BCUT2D eigenvalue weighted by molar-refractivity contribution is 5.85. The second kappa shape index (κ2) is 8.45. The number of hydrogen-bond acceptors (Lipinski definition) is 2. The second-order valence-electron chi connectivity index (χ2n) is 5.59. The minimum Gasteiger partial charge on any atom is -0.347 e. The van der Waals surface area contributed by atoms with Gasteiger partial charge in [0.15, 0.2) is 0 Å². The maximum atomic E-state index is 12.1. The number of nitrogens with one attached hydrogen (secondary N) is 1. The molecule has 1 aromatic rings. The molecular formula is C17H24N2O2. The molecule has 1 aliphatic rings. The summed E-state index contributed by atoms with van der Waals surface area (Å²) in [5, 5.41) is 2.73. The van der Waals surface area contributed by atoms with Crippen molar-refractivity contribution in [3.63, 3.8) is 0 Å². The van der Waals surface area contributed by atoms with Crippen LogP contribution in [0.15, 0.2) is 30.3 Å². The first-order chi connectivity index (χ1) is 10.3. The predicted molar refractivity (Wildman–Crippen MR) is 82.8 cm³/mol. The summed E-state index contributed by atoms with van der Waals surface area (Å²) in [6.45, 7) is 1.77. The van der Waals surface area contributed by atoms with Crippen molar-refractivity contribution < 1.29 is 9.59 Å². The van der Waals surface area contributed by atoms with Crippen molar-refractivity contribution in [2.24, 2.45) is 0 Å². The quantitative estimate of drug-likeness (QED) is 0.923. The standard InChI is InChI=1S/C17H24N2O2/c20-16(13-15-9-5-4-6-10-15)18-14-17(21)19-11-7-2-1-3-8-12-19/h4-6,9-10H,1-3,7-8,11-14H2,(H,18,20). The summed E-state index contributed by atoms with van der Waals surface area (Å²) in [4.78, 5) is 25.9. The molecule has 1 fully saturated rings. The van der Waals surface area contributed by atoms with E-state index in [0.717, 1.165) is 31.5 Å². The monoisotopic (exact) mass is 288 g/mol. The lowest BCUT2D eigenvalue weighted by molar-refractivity contribution is -0.133. The molecule has 0 bridgehead atoms. The van der Waals surface area contributed by atoms with Gasteiger partial charge in [-0.1, -0.05) is 49.6 Å². The highest BCUT2D eigenvalue weighted by atomic mass is 16.2. The van der Waals surface area contributed by atoms with Gasteiger partial charge in [0, 0.05) is 13.1 Å². The molecule has 4 heteroatoms. The van der Waals surface area contributed by atoms with Gasteiger partial charge >= 0.3 is 0 Å². The fraction of sp³-hybridized carbons (Fsp3) is 0.529. The zero-order valence-electron chi connectivity index (χ0n) is 12.5. The third kappa shape index (κ3) is 5.58. The van der Waals surface area contributed by atoms with Crippen molar-refractivity contribution in [3.8, 4) is 0 Å². The highest BCUT2D eigenvalue weighted by Crippen LogP contribution is 2.10. The number of carbonyl (C=O) groups excluding carboxylic acids is 2. The van der Waals surface area contributed by atoms with Gasteiger partial charge in [-0.05, 0) is 18.4 Å². The third-order valence-electron chi connectivity index (χ3n) is 3.85. The van der Waals surface area contributed by atoms with Crippen LogP contribution in [0.1, 0.15) is 37.7 Å². The Hall–Kier alpha value is -1.84. The zero-order chi connectivity index (χ0) is 14.9. The molecule has 1 N–H and O–H groups in total. The molecule has 0 radical (unpaired) electrons. The fourth-order valence-corrected chi connectivity index (χ4v) is 2.63. The number of nitrogens with zero attached hydrogens (tertiary/aromatic N) is 1. The van der Waals surface area contributed by atoms with Crippen LogP contribution in [0.2, 0.25) is 0 Å². The molecule has 4 nitrogen and oxygen atoms in total. The molecule has 0 aliphatic carbocycles. The summed E-state index contributed by atoms with van der Waals surface area (Å²) in [5.41, 5.74) is 0.966. The molecule has 2 amide bonds. The molecule has 0 saturated carbocycles. The molecule has 1 heterocycles. The first-order valence-corrected chi connectivity index (χ1v) is 7.84. The van der Waals surface area contributed by atoms with Crippen LogP contribution in [0.5, 0.6) is 0 Å². The molecule has 0 atom stereocenters. The number of amides is 2. The van der Waals surface area contributed by atoms with Crippen LogP contribution in [0.4, 0.5) is 0 Å². The lowest BCUT2D eigenvalue weighted by Gasteiger charge is -2.24. The minimum absolute atomic E-state index is 0.0401. The van der Waals surface area contributed by atoms with Gasteiger partial charge < -0.3 is 10.2 Å². The van der Waals surface area contributed by atoms with E-state index >= 15 is 0 Å².